The average molecular weight is 323 g/mol. The van der Waals surface area contributed by atoms with Crippen molar-refractivity contribution < 1.29 is 9.84 Å². The number of benzene rings is 1. The van der Waals surface area contributed by atoms with E-state index in [1.54, 1.807) is 4.68 Å². The monoisotopic (exact) mass is 322 g/mol. The Kier molecular flexibility index (Phi) is 3.11. The smallest absolute Gasteiger partial charge is 0.130 e. The van der Waals surface area contributed by atoms with Crippen LogP contribution in [0.5, 0.6) is 5.75 Å². The number of halogens is 1. The Hall–Kier alpha value is -1.33. The highest BCUT2D eigenvalue weighted by Crippen LogP contribution is 2.42. The van der Waals surface area contributed by atoms with E-state index in [4.69, 9.17) is 4.74 Å². The van der Waals surface area contributed by atoms with E-state index in [-0.39, 0.29) is 6.10 Å². The second-order valence-electron chi connectivity index (χ2n) is 4.88. The average Bonchev–Trinajstić information content (AvgIpc) is 2.69. The number of aryl methyl sites for hydroxylation is 2. The molecule has 0 spiro atoms. The van der Waals surface area contributed by atoms with Crippen molar-refractivity contribution in [3.05, 3.63) is 45.7 Å². The number of aliphatic hydroxyl groups excluding tert-OH is 1. The second-order valence-corrected chi connectivity index (χ2v) is 5.80. The fraction of sp³-hybridized carbons (Fsp3) is 0.357. The zero-order chi connectivity index (χ0) is 13.6. The first-order valence-electron chi connectivity index (χ1n) is 6.19. The molecule has 0 saturated heterocycles. The molecule has 2 atom stereocenters. The third-order valence-corrected chi connectivity index (χ3v) is 3.93. The van der Waals surface area contributed by atoms with Gasteiger partial charge in [-0.25, -0.2) is 0 Å². The minimum Gasteiger partial charge on any atom is -0.485 e. The minimum absolute atomic E-state index is 0.141. The highest BCUT2D eigenvalue weighted by atomic mass is 79.9. The lowest BCUT2D eigenvalue weighted by molar-refractivity contribution is 0.0654. The molecular weight excluding hydrogens is 308 g/mol. The SMILES string of the molecule is Cc1nn(C)cc1C1C[C@@H](O)c2cc(Br)ccc2O1. The zero-order valence-corrected chi connectivity index (χ0v) is 12.4. The van der Waals surface area contributed by atoms with Crippen LogP contribution in [0.15, 0.2) is 28.9 Å². The van der Waals surface area contributed by atoms with Crippen molar-refractivity contribution >= 4 is 15.9 Å². The Balaban J connectivity index is 1.97. The molecule has 0 aliphatic carbocycles. The third-order valence-electron chi connectivity index (χ3n) is 3.44. The summed E-state index contributed by atoms with van der Waals surface area (Å²) in [4.78, 5) is 0. The van der Waals surface area contributed by atoms with E-state index in [0.29, 0.717) is 6.42 Å². The van der Waals surface area contributed by atoms with E-state index in [1.165, 1.54) is 0 Å². The Bertz CT molecular complexity index is 624. The van der Waals surface area contributed by atoms with Gasteiger partial charge in [-0.2, -0.15) is 5.10 Å². The first-order chi connectivity index (χ1) is 9.04. The standard InChI is InChI=1S/C14H15BrN2O2/c1-8-11(7-17(2)16-8)14-6-12(18)10-5-9(15)3-4-13(10)19-14/h3-5,7,12,14,18H,6H2,1-2H3/t12-,14?/m1/s1. The molecule has 1 aromatic heterocycles. The summed E-state index contributed by atoms with van der Waals surface area (Å²) >= 11 is 3.41. The van der Waals surface area contributed by atoms with Gasteiger partial charge in [0.05, 0.1) is 11.8 Å². The Morgan fingerprint density at radius 3 is 2.89 bits per heavy atom. The summed E-state index contributed by atoms with van der Waals surface area (Å²) in [5.74, 6) is 0.746. The summed E-state index contributed by atoms with van der Waals surface area (Å²) in [7, 11) is 1.89. The van der Waals surface area contributed by atoms with E-state index in [2.05, 4.69) is 21.0 Å². The molecule has 4 nitrogen and oxygen atoms in total. The largest absolute Gasteiger partial charge is 0.485 e. The van der Waals surface area contributed by atoms with Crippen molar-refractivity contribution in [1.29, 1.82) is 0 Å². The van der Waals surface area contributed by atoms with Crippen LogP contribution in [0.1, 0.15) is 35.4 Å². The normalized spacial score (nSPS) is 21.9. The lowest BCUT2D eigenvalue weighted by Crippen LogP contribution is -2.19. The zero-order valence-electron chi connectivity index (χ0n) is 10.8. The lowest BCUT2D eigenvalue weighted by atomic mass is 9.95. The van der Waals surface area contributed by atoms with Gasteiger partial charge in [-0.3, -0.25) is 4.68 Å². The molecule has 3 rings (SSSR count). The number of hydrogen-bond acceptors (Lipinski definition) is 3. The number of fused-ring (bicyclic) bond motifs is 1. The molecule has 0 saturated carbocycles. The maximum atomic E-state index is 10.3. The van der Waals surface area contributed by atoms with Crippen LogP contribution in [0.4, 0.5) is 0 Å². The molecule has 0 radical (unpaired) electrons. The van der Waals surface area contributed by atoms with Crippen molar-refractivity contribution in [2.24, 2.45) is 7.05 Å². The fourth-order valence-electron chi connectivity index (χ4n) is 2.54. The first-order valence-corrected chi connectivity index (χ1v) is 6.98. The number of ether oxygens (including phenoxy) is 1. The molecule has 1 unspecified atom stereocenters. The Labute approximate surface area is 120 Å². The molecule has 0 amide bonds. The maximum Gasteiger partial charge on any atom is 0.130 e. The van der Waals surface area contributed by atoms with Gasteiger partial charge in [-0.1, -0.05) is 15.9 Å². The van der Waals surface area contributed by atoms with Crippen LogP contribution in [0.2, 0.25) is 0 Å². The minimum atomic E-state index is -0.508. The molecule has 2 heterocycles. The van der Waals surface area contributed by atoms with E-state index in [0.717, 1.165) is 27.0 Å². The first kappa shape index (κ1) is 12.7. The van der Waals surface area contributed by atoms with Crippen LogP contribution in [-0.4, -0.2) is 14.9 Å². The van der Waals surface area contributed by atoms with Gasteiger partial charge < -0.3 is 9.84 Å². The van der Waals surface area contributed by atoms with Gasteiger partial charge in [0.1, 0.15) is 11.9 Å². The van der Waals surface area contributed by atoms with Crippen LogP contribution in [0, 0.1) is 6.92 Å². The fourth-order valence-corrected chi connectivity index (χ4v) is 2.92. The van der Waals surface area contributed by atoms with Gasteiger partial charge in [0, 0.05) is 35.3 Å². The highest BCUT2D eigenvalue weighted by molar-refractivity contribution is 9.10. The Morgan fingerprint density at radius 1 is 1.42 bits per heavy atom. The molecule has 1 aromatic carbocycles. The van der Waals surface area contributed by atoms with Gasteiger partial charge in [0.25, 0.3) is 0 Å². The van der Waals surface area contributed by atoms with E-state index < -0.39 is 6.10 Å². The number of nitrogens with zero attached hydrogens (tertiary/aromatic N) is 2. The van der Waals surface area contributed by atoms with E-state index >= 15 is 0 Å². The van der Waals surface area contributed by atoms with Crippen LogP contribution in [-0.2, 0) is 7.05 Å². The summed E-state index contributed by atoms with van der Waals surface area (Å²) in [5.41, 5.74) is 2.82. The molecule has 100 valence electrons. The van der Waals surface area contributed by atoms with E-state index in [1.807, 2.05) is 38.4 Å². The lowest BCUT2D eigenvalue weighted by Gasteiger charge is -2.29. The maximum absolute atomic E-state index is 10.3. The van der Waals surface area contributed by atoms with Crippen LogP contribution in [0.3, 0.4) is 0 Å². The molecule has 1 aliphatic heterocycles. The summed E-state index contributed by atoms with van der Waals surface area (Å²) in [6.07, 6.45) is 1.86. The molecule has 1 aliphatic rings. The number of aliphatic hydroxyl groups is 1. The van der Waals surface area contributed by atoms with Gasteiger partial charge in [0.2, 0.25) is 0 Å². The van der Waals surface area contributed by atoms with Crippen LogP contribution < -0.4 is 4.74 Å². The van der Waals surface area contributed by atoms with Gasteiger partial charge in [-0.15, -0.1) is 0 Å². The summed E-state index contributed by atoms with van der Waals surface area (Å²) in [5, 5.41) is 14.6. The molecular formula is C14H15BrN2O2. The molecule has 5 heteroatoms. The van der Waals surface area contributed by atoms with Crippen molar-refractivity contribution in [1.82, 2.24) is 9.78 Å². The van der Waals surface area contributed by atoms with Crippen LogP contribution in [0.25, 0.3) is 0 Å². The summed E-state index contributed by atoms with van der Waals surface area (Å²) < 4.78 is 8.73. The third kappa shape index (κ3) is 2.28. The van der Waals surface area contributed by atoms with Gasteiger partial charge in [-0.05, 0) is 25.1 Å². The quantitative estimate of drug-likeness (QED) is 0.877. The number of hydrogen-bond donors (Lipinski definition) is 1. The van der Waals surface area contributed by atoms with Crippen molar-refractivity contribution in [2.75, 3.05) is 0 Å². The predicted molar refractivity (Wildman–Crippen MR) is 75.0 cm³/mol. The van der Waals surface area contributed by atoms with Gasteiger partial charge in [0.15, 0.2) is 0 Å². The molecule has 0 bridgehead atoms. The molecule has 2 aromatic rings. The van der Waals surface area contributed by atoms with E-state index in [9.17, 15) is 5.11 Å². The second kappa shape index (κ2) is 4.65. The van der Waals surface area contributed by atoms with Crippen molar-refractivity contribution in [2.45, 2.75) is 25.6 Å². The van der Waals surface area contributed by atoms with Crippen LogP contribution >= 0.6 is 15.9 Å². The van der Waals surface area contributed by atoms with Crippen molar-refractivity contribution in [3.63, 3.8) is 0 Å². The number of rotatable bonds is 1. The Morgan fingerprint density at radius 2 is 2.21 bits per heavy atom. The number of aromatic nitrogens is 2. The summed E-state index contributed by atoms with van der Waals surface area (Å²) in [6, 6.07) is 5.72. The van der Waals surface area contributed by atoms with Crippen molar-refractivity contribution in [3.8, 4) is 5.75 Å². The predicted octanol–water partition coefficient (Wildman–Crippen LogP) is 3.05. The molecule has 19 heavy (non-hydrogen) atoms. The topological polar surface area (TPSA) is 47.3 Å². The molecule has 1 N–H and O–H groups in total. The van der Waals surface area contributed by atoms with Gasteiger partial charge >= 0.3 is 0 Å². The highest BCUT2D eigenvalue weighted by Gasteiger charge is 2.30. The summed E-state index contributed by atoms with van der Waals surface area (Å²) in [6.45, 7) is 1.96. The molecule has 0 fully saturated rings.